The Hall–Kier alpha value is -4.43. The molecule has 207 valence electrons. The van der Waals surface area contributed by atoms with Crippen molar-refractivity contribution in [2.24, 2.45) is 0 Å². The number of nitrogens with zero attached hydrogens (tertiary/aromatic N) is 2. The Morgan fingerprint density at radius 3 is 2.07 bits per heavy atom. The Bertz CT molecular complexity index is 2100. The SMILES string of the molecule is Cc1cccnc1-c1[c-]cc(-c2cc3ccccc3c3ccccc23)cc1.[2H]C([2H])([2H])c1c[c-]c(-c2ccc(C([2H])([2H])[2H])cn2)cc1.[Ir]. The number of aromatic nitrogens is 2. The van der Waals surface area contributed by atoms with Gasteiger partial charge >= 0.3 is 0 Å². The monoisotopic (exact) mass is 725 g/mol. The van der Waals surface area contributed by atoms with E-state index in [1.54, 1.807) is 12.1 Å². The number of rotatable bonds is 3. The molecule has 2 nitrogen and oxygen atoms in total. The van der Waals surface area contributed by atoms with Gasteiger partial charge in [0.15, 0.2) is 0 Å². The quantitative estimate of drug-likeness (QED) is 0.134. The minimum absolute atomic E-state index is 0. The maximum atomic E-state index is 7.28. The Balaban J connectivity index is 0.000000193. The van der Waals surface area contributed by atoms with Crippen molar-refractivity contribution in [2.75, 3.05) is 0 Å². The fourth-order valence-electron chi connectivity index (χ4n) is 4.94. The molecule has 0 amide bonds. The molecule has 2 heterocycles. The second-order valence-corrected chi connectivity index (χ2v) is 9.77. The van der Waals surface area contributed by atoms with Crippen molar-refractivity contribution >= 4 is 21.5 Å². The van der Waals surface area contributed by atoms with Crippen LogP contribution in [0.15, 0.2) is 128 Å². The molecular formula is C39H30IrN2-2. The van der Waals surface area contributed by atoms with Gasteiger partial charge in [-0.1, -0.05) is 96.3 Å². The molecule has 7 aromatic rings. The van der Waals surface area contributed by atoms with Gasteiger partial charge in [0.1, 0.15) is 0 Å². The van der Waals surface area contributed by atoms with Crippen LogP contribution in [-0.2, 0) is 20.1 Å². The number of hydrogen-bond donors (Lipinski definition) is 0. The molecule has 0 aliphatic heterocycles. The van der Waals surface area contributed by atoms with Gasteiger partial charge in [-0.25, -0.2) is 0 Å². The molecule has 42 heavy (non-hydrogen) atoms. The van der Waals surface area contributed by atoms with E-state index < -0.39 is 13.7 Å². The summed E-state index contributed by atoms with van der Waals surface area (Å²) in [7, 11) is 0. The molecule has 1 radical (unpaired) electrons. The van der Waals surface area contributed by atoms with Gasteiger partial charge in [0.05, 0.1) is 0 Å². The third kappa shape index (κ3) is 6.23. The third-order valence-corrected chi connectivity index (χ3v) is 7.01. The van der Waals surface area contributed by atoms with Crippen molar-refractivity contribution in [3.05, 3.63) is 156 Å². The van der Waals surface area contributed by atoms with Crippen molar-refractivity contribution in [2.45, 2.75) is 20.6 Å². The summed E-state index contributed by atoms with van der Waals surface area (Å²) >= 11 is 0. The molecule has 3 heteroatoms. The number of pyridine rings is 2. The van der Waals surface area contributed by atoms with Gasteiger partial charge < -0.3 is 9.97 Å². The predicted molar refractivity (Wildman–Crippen MR) is 172 cm³/mol. The molecule has 0 atom stereocenters. The summed E-state index contributed by atoms with van der Waals surface area (Å²) in [5, 5.41) is 5.11. The molecule has 0 spiro atoms. The van der Waals surface area contributed by atoms with Crippen LogP contribution in [0.2, 0.25) is 0 Å². The van der Waals surface area contributed by atoms with Gasteiger partial charge in [-0.2, -0.15) is 0 Å². The zero-order chi connectivity index (χ0) is 33.2. The summed E-state index contributed by atoms with van der Waals surface area (Å²) in [6.07, 6.45) is 3.13. The van der Waals surface area contributed by atoms with Gasteiger partial charge in [-0.3, -0.25) is 0 Å². The van der Waals surface area contributed by atoms with E-state index in [-0.39, 0.29) is 31.2 Å². The van der Waals surface area contributed by atoms with Gasteiger partial charge in [0, 0.05) is 40.7 Å². The van der Waals surface area contributed by atoms with Crippen LogP contribution >= 0.6 is 0 Å². The van der Waals surface area contributed by atoms with E-state index in [0.29, 0.717) is 11.3 Å². The molecule has 7 rings (SSSR count). The smallest absolute Gasteiger partial charge is 0.0280 e. The zero-order valence-corrected chi connectivity index (χ0v) is 25.2. The van der Waals surface area contributed by atoms with Crippen LogP contribution in [-0.4, -0.2) is 9.97 Å². The van der Waals surface area contributed by atoms with Crippen LogP contribution in [0.4, 0.5) is 0 Å². The molecule has 0 bridgehead atoms. The normalized spacial score (nSPS) is 13.3. The van der Waals surface area contributed by atoms with Crippen LogP contribution in [0.25, 0.3) is 55.2 Å². The Kier molecular flexibility index (Phi) is 6.89. The maximum absolute atomic E-state index is 7.28. The summed E-state index contributed by atoms with van der Waals surface area (Å²) in [4.78, 5) is 8.59. The second kappa shape index (κ2) is 13.0. The molecule has 0 fully saturated rings. The average Bonchev–Trinajstić information content (AvgIpc) is 3.08. The van der Waals surface area contributed by atoms with E-state index in [2.05, 4.69) is 108 Å². The van der Waals surface area contributed by atoms with E-state index in [9.17, 15) is 0 Å². The molecule has 0 saturated heterocycles. The van der Waals surface area contributed by atoms with E-state index in [1.165, 1.54) is 57.1 Å². The number of aryl methyl sites for hydroxylation is 3. The second-order valence-electron chi connectivity index (χ2n) is 9.77. The molecule has 5 aromatic carbocycles. The maximum Gasteiger partial charge on any atom is 0.0280 e. The first kappa shape index (κ1) is 22.2. The van der Waals surface area contributed by atoms with Crippen molar-refractivity contribution < 1.29 is 28.3 Å². The van der Waals surface area contributed by atoms with Gasteiger partial charge in [0.25, 0.3) is 0 Å². The van der Waals surface area contributed by atoms with E-state index in [1.807, 2.05) is 12.3 Å². The number of benzene rings is 5. The van der Waals surface area contributed by atoms with Crippen molar-refractivity contribution in [3.63, 3.8) is 0 Å². The van der Waals surface area contributed by atoms with Gasteiger partial charge in [0.2, 0.25) is 0 Å². The molecule has 2 aromatic heterocycles. The van der Waals surface area contributed by atoms with Crippen LogP contribution in [0, 0.1) is 32.8 Å². The third-order valence-electron chi connectivity index (χ3n) is 7.01. The molecular weight excluding hydrogens is 689 g/mol. The number of fused-ring (bicyclic) bond motifs is 3. The van der Waals surface area contributed by atoms with Crippen molar-refractivity contribution in [3.8, 4) is 33.6 Å². The fraction of sp³-hybridized carbons (Fsp3) is 0.0769. The summed E-state index contributed by atoms with van der Waals surface area (Å²) in [5.41, 5.74) is 7.15. The topological polar surface area (TPSA) is 25.8 Å². The average molecular weight is 725 g/mol. The Morgan fingerprint density at radius 2 is 1.38 bits per heavy atom. The molecule has 0 N–H and O–H groups in total. The molecule has 0 aliphatic rings. The predicted octanol–water partition coefficient (Wildman–Crippen LogP) is 9.99. The fourth-order valence-corrected chi connectivity index (χ4v) is 4.94. The van der Waals surface area contributed by atoms with Gasteiger partial charge in [-0.05, 0) is 58.3 Å². The number of hydrogen-bond acceptors (Lipinski definition) is 2. The Labute approximate surface area is 269 Å². The Morgan fingerprint density at radius 1 is 0.643 bits per heavy atom. The standard InChI is InChI=1S/C26H18N.C13H12N.Ir/c1-18-7-6-16-27-26(18)20-14-12-19(13-15-20)25-17-21-8-2-3-9-22(21)23-10-4-5-11-24(23)25;1-10-3-6-12(7-4-10)13-8-5-11(2)9-14-13;/h2-14,16-17H,1H3;3-6,8-9H,1-2H3;/q2*-1;/i;1D3,2D3;. The minimum Gasteiger partial charge on any atom is -0.304 e. The first-order valence-electron chi connectivity index (χ1n) is 16.3. The van der Waals surface area contributed by atoms with Crippen LogP contribution in [0.5, 0.6) is 0 Å². The van der Waals surface area contributed by atoms with E-state index in [4.69, 9.17) is 8.22 Å². The summed E-state index contributed by atoms with van der Waals surface area (Å²) in [5.74, 6) is 0. The minimum atomic E-state index is -2.18. The van der Waals surface area contributed by atoms with Gasteiger partial charge in [-0.15, -0.1) is 65.2 Å². The van der Waals surface area contributed by atoms with Crippen LogP contribution in [0.3, 0.4) is 0 Å². The summed E-state index contributed by atoms with van der Waals surface area (Å²) in [6.45, 7) is -2.26. The summed E-state index contributed by atoms with van der Waals surface area (Å²) < 4.78 is 43.6. The zero-order valence-electron chi connectivity index (χ0n) is 28.9. The first-order valence-corrected chi connectivity index (χ1v) is 13.3. The summed E-state index contributed by atoms with van der Waals surface area (Å²) in [6, 6.07) is 43.8. The molecule has 0 unspecified atom stereocenters. The van der Waals surface area contributed by atoms with E-state index >= 15 is 0 Å². The van der Waals surface area contributed by atoms with Crippen molar-refractivity contribution in [1.29, 1.82) is 0 Å². The first-order chi connectivity index (χ1) is 22.5. The molecule has 0 saturated carbocycles. The molecule has 0 aliphatic carbocycles. The van der Waals surface area contributed by atoms with Crippen molar-refractivity contribution in [1.82, 2.24) is 9.97 Å². The van der Waals surface area contributed by atoms with Crippen LogP contribution < -0.4 is 0 Å². The van der Waals surface area contributed by atoms with E-state index in [0.717, 1.165) is 16.8 Å². The van der Waals surface area contributed by atoms with Crippen LogP contribution in [0.1, 0.15) is 24.9 Å². The largest absolute Gasteiger partial charge is 0.304 e.